The molecule has 3 rings (SSSR count). The van der Waals surface area contributed by atoms with Crippen molar-refractivity contribution in [3.8, 4) is 0 Å². The van der Waals surface area contributed by atoms with Crippen LogP contribution in [0, 0.1) is 0 Å². The Hall–Kier alpha value is -1.44. The number of carbonyl (C=O) groups is 1. The van der Waals surface area contributed by atoms with E-state index in [1.54, 1.807) is 18.2 Å². The zero-order chi connectivity index (χ0) is 17.9. The van der Waals surface area contributed by atoms with Gasteiger partial charge in [-0.25, -0.2) is 8.42 Å². The van der Waals surface area contributed by atoms with Gasteiger partial charge >= 0.3 is 0 Å². The first kappa shape index (κ1) is 18.4. The lowest BCUT2D eigenvalue weighted by Gasteiger charge is -2.28. The number of nitrogens with zero attached hydrogens (tertiary/aromatic N) is 1. The van der Waals surface area contributed by atoms with Crippen molar-refractivity contribution in [2.45, 2.75) is 56.0 Å². The first-order chi connectivity index (χ1) is 12.0. The van der Waals surface area contributed by atoms with Gasteiger partial charge in [0.15, 0.2) is 0 Å². The number of piperidine rings is 2. The Bertz CT molecular complexity index is 714. The van der Waals surface area contributed by atoms with Crippen LogP contribution in [0.4, 0.5) is 0 Å². The maximum atomic E-state index is 12.8. The smallest absolute Gasteiger partial charge is 0.251 e. The molecule has 2 heterocycles. The molecule has 2 saturated heterocycles. The molecule has 1 aromatic carbocycles. The van der Waals surface area contributed by atoms with Crippen molar-refractivity contribution in [2.75, 3.05) is 19.6 Å². The lowest BCUT2D eigenvalue weighted by atomic mass is 10.0. The Morgan fingerprint density at radius 1 is 1.24 bits per heavy atom. The van der Waals surface area contributed by atoms with Crippen LogP contribution in [0.3, 0.4) is 0 Å². The molecular weight excluding hydrogens is 338 g/mol. The van der Waals surface area contributed by atoms with E-state index in [1.807, 2.05) is 0 Å². The van der Waals surface area contributed by atoms with Gasteiger partial charge in [-0.2, -0.15) is 4.31 Å². The van der Waals surface area contributed by atoms with Gasteiger partial charge in [0.25, 0.3) is 5.91 Å². The Kier molecular flexibility index (Phi) is 5.76. The molecule has 2 unspecified atom stereocenters. The van der Waals surface area contributed by atoms with Gasteiger partial charge in [-0.05, 0) is 57.4 Å². The van der Waals surface area contributed by atoms with E-state index in [0.29, 0.717) is 24.7 Å². The zero-order valence-electron chi connectivity index (χ0n) is 14.7. The van der Waals surface area contributed by atoms with Crippen molar-refractivity contribution >= 4 is 15.9 Å². The summed E-state index contributed by atoms with van der Waals surface area (Å²) in [6.45, 7) is 4.11. The summed E-state index contributed by atoms with van der Waals surface area (Å²) >= 11 is 0. The minimum atomic E-state index is -3.52. The summed E-state index contributed by atoms with van der Waals surface area (Å²) in [7, 11) is -3.52. The van der Waals surface area contributed by atoms with E-state index in [9.17, 15) is 13.2 Å². The molecule has 1 amide bonds. The van der Waals surface area contributed by atoms with Crippen molar-refractivity contribution in [1.82, 2.24) is 14.9 Å². The minimum absolute atomic E-state index is 0.131. The maximum absolute atomic E-state index is 12.8. The van der Waals surface area contributed by atoms with Crippen molar-refractivity contribution in [1.29, 1.82) is 0 Å². The van der Waals surface area contributed by atoms with Gasteiger partial charge in [0.1, 0.15) is 0 Å². The van der Waals surface area contributed by atoms with Crippen LogP contribution in [-0.4, -0.2) is 50.3 Å². The Morgan fingerprint density at radius 3 is 2.72 bits per heavy atom. The van der Waals surface area contributed by atoms with Crippen LogP contribution in [0.25, 0.3) is 0 Å². The number of sulfonamides is 1. The summed E-state index contributed by atoms with van der Waals surface area (Å²) in [5, 5.41) is 6.39. The van der Waals surface area contributed by atoms with Gasteiger partial charge < -0.3 is 10.6 Å². The van der Waals surface area contributed by atoms with Crippen molar-refractivity contribution in [3.63, 3.8) is 0 Å². The fourth-order valence-electron chi connectivity index (χ4n) is 3.58. The predicted molar refractivity (Wildman–Crippen MR) is 97.0 cm³/mol. The minimum Gasteiger partial charge on any atom is -0.349 e. The van der Waals surface area contributed by atoms with Crippen LogP contribution in [0.1, 0.15) is 49.4 Å². The standard InChI is InChI=1S/C18H27N3O3S/c1-14-12-16(8-9-19-14)20-18(22)15-6-5-7-17(13-15)25(23,24)21-10-3-2-4-11-21/h5-7,13-14,16,19H,2-4,8-12H2,1H3,(H,20,22). The molecule has 2 N–H and O–H groups in total. The van der Waals surface area contributed by atoms with Crippen LogP contribution in [0.15, 0.2) is 29.2 Å². The number of amides is 1. The van der Waals surface area contributed by atoms with Crippen molar-refractivity contribution in [3.05, 3.63) is 29.8 Å². The van der Waals surface area contributed by atoms with E-state index in [0.717, 1.165) is 38.6 Å². The average molecular weight is 365 g/mol. The lowest BCUT2D eigenvalue weighted by Crippen LogP contribution is -2.46. The van der Waals surface area contributed by atoms with E-state index in [4.69, 9.17) is 0 Å². The van der Waals surface area contributed by atoms with Gasteiger partial charge in [0.05, 0.1) is 4.90 Å². The molecule has 6 nitrogen and oxygen atoms in total. The number of benzene rings is 1. The highest BCUT2D eigenvalue weighted by Crippen LogP contribution is 2.21. The molecule has 0 aliphatic carbocycles. The Labute approximate surface area is 150 Å². The van der Waals surface area contributed by atoms with Crippen molar-refractivity contribution < 1.29 is 13.2 Å². The number of carbonyl (C=O) groups excluding carboxylic acids is 1. The van der Waals surface area contributed by atoms with E-state index in [2.05, 4.69) is 17.6 Å². The summed E-state index contributed by atoms with van der Waals surface area (Å²) in [4.78, 5) is 12.7. The first-order valence-corrected chi connectivity index (χ1v) is 10.6. The molecule has 0 radical (unpaired) electrons. The fraction of sp³-hybridized carbons (Fsp3) is 0.611. The SMILES string of the molecule is CC1CC(NC(=O)c2cccc(S(=O)(=O)N3CCCCC3)c2)CCN1. The lowest BCUT2D eigenvalue weighted by molar-refractivity contribution is 0.0925. The van der Waals surface area contributed by atoms with Crippen LogP contribution >= 0.6 is 0 Å². The molecule has 0 spiro atoms. The van der Waals surface area contributed by atoms with Crippen LogP contribution < -0.4 is 10.6 Å². The number of hydrogen-bond acceptors (Lipinski definition) is 4. The van der Waals surface area contributed by atoms with E-state index in [1.165, 1.54) is 10.4 Å². The summed E-state index contributed by atoms with van der Waals surface area (Å²) in [5.74, 6) is -0.199. The number of nitrogens with one attached hydrogen (secondary N) is 2. The molecule has 2 fully saturated rings. The van der Waals surface area contributed by atoms with E-state index < -0.39 is 10.0 Å². The molecule has 7 heteroatoms. The molecule has 2 aliphatic heterocycles. The fourth-order valence-corrected chi connectivity index (χ4v) is 5.15. The third kappa shape index (κ3) is 4.40. The maximum Gasteiger partial charge on any atom is 0.251 e. The summed E-state index contributed by atoms with van der Waals surface area (Å²) < 4.78 is 27.1. The Balaban J connectivity index is 1.73. The monoisotopic (exact) mass is 365 g/mol. The van der Waals surface area contributed by atoms with Gasteiger partial charge in [0.2, 0.25) is 10.0 Å². The van der Waals surface area contributed by atoms with Crippen LogP contribution in [0.2, 0.25) is 0 Å². The molecule has 25 heavy (non-hydrogen) atoms. The largest absolute Gasteiger partial charge is 0.349 e. The summed E-state index contributed by atoms with van der Waals surface area (Å²) in [6, 6.07) is 6.92. The predicted octanol–water partition coefficient (Wildman–Crippen LogP) is 1.73. The van der Waals surface area contributed by atoms with Gasteiger partial charge in [-0.15, -0.1) is 0 Å². The highest BCUT2D eigenvalue weighted by Gasteiger charge is 2.27. The molecule has 2 atom stereocenters. The highest BCUT2D eigenvalue weighted by molar-refractivity contribution is 7.89. The van der Waals surface area contributed by atoms with Crippen LogP contribution in [0.5, 0.6) is 0 Å². The molecule has 0 saturated carbocycles. The molecular formula is C18H27N3O3S. The Morgan fingerprint density at radius 2 is 2.00 bits per heavy atom. The number of rotatable bonds is 4. The molecule has 2 aliphatic rings. The van der Waals surface area contributed by atoms with Crippen LogP contribution in [-0.2, 0) is 10.0 Å². The number of hydrogen-bond donors (Lipinski definition) is 2. The molecule has 0 aromatic heterocycles. The zero-order valence-corrected chi connectivity index (χ0v) is 15.5. The third-order valence-electron chi connectivity index (χ3n) is 5.01. The highest BCUT2D eigenvalue weighted by atomic mass is 32.2. The average Bonchev–Trinajstić information content (AvgIpc) is 2.62. The first-order valence-electron chi connectivity index (χ1n) is 9.11. The quantitative estimate of drug-likeness (QED) is 0.852. The van der Waals surface area contributed by atoms with Gasteiger partial charge in [-0.3, -0.25) is 4.79 Å². The third-order valence-corrected chi connectivity index (χ3v) is 6.90. The molecule has 1 aromatic rings. The second kappa shape index (κ2) is 7.85. The summed E-state index contributed by atoms with van der Waals surface area (Å²) in [6.07, 6.45) is 4.64. The normalized spacial score (nSPS) is 25.5. The van der Waals surface area contributed by atoms with Crippen molar-refractivity contribution in [2.24, 2.45) is 0 Å². The topological polar surface area (TPSA) is 78.5 Å². The second-order valence-electron chi connectivity index (χ2n) is 7.04. The molecule has 138 valence electrons. The summed E-state index contributed by atoms with van der Waals surface area (Å²) in [5.41, 5.74) is 0.407. The van der Waals surface area contributed by atoms with E-state index >= 15 is 0 Å². The second-order valence-corrected chi connectivity index (χ2v) is 8.98. The van der Waals surface area contributed by atoms with E-state index in [-0.39, 0.29) is 16.8 Å². The van der Waals surface area contributed by atoms with Gasteiger partial charge in [0, 0.05) is 30.7 Å². The van der Waals surface area contributed by atoms with Gasteiger partial charge in [-0.1, -0.05) is 12.5 Å². The molecule has 0 bridgehead atoms.